The molecule has 0 amide bonds. The first-order valence-corrected chi connectivity index (χ1v) is 8.03. The van der Waals surface area contributed by atoms with Crippen molar-refractivity contribution in [1.29, 1.82) is 0 Å². The highest BCUT2D eigenvalue weighted by Crippen LogP contribution is 2.38. The number of imidazole rings is 1. The van der Waals surface area contributed by atoms with Crippen LogP contribution in [0.5, 0.6) is 0 Å². The van der Waals surface area contributed by atoms with Crippen molar-refractivity contribution >= 4 is 22.8 Å². The number of nitrogens with zero attached hydrogens (tertiary/aromatic N) is 3. The Balaban J connectivity index is 2.03. The zero-order valence-electron chi connectivity index (χ0n) is 12.3. The number of pyridine rings is 1. The molecule has 20 heavy (non-hydrogen) atoms. The second-order valence-corrected chi connectivity index (χ2v) is 6.69. The Hall–Kier alpha value is -1.09. The van der Waals surface area contributed by atoms with E-state index in [1.807, 2.05) is 12.3 Å². The van der Waals surface area contributed by atoms with Gasteiger partial charge in [-0.2, -0.15) is 0 Å². The van der Waals surface area contributed by atoms with Crippen LogP contribution >= 0.6 is 11.6 Å². The predicted octanol–water partition coefficient (Wildman–Crippen LogP) is 4.45. The molecule has 0 spiro atoms. The van der Waals surface area contributed by atoms with Crippen LogP contribution in [-0.4, -0.2) is 14.5 Å². The van der Waals surface area contributed by atoms with E-state index >= 15 is 0 Å². The normalized spacial score (nSPS) is 18.6. The van der Waals surface area contributed by atoms with E-state index in [4.69, 9.17) is 16.6 Å². The van der Waals surface area contributed by atoms with Gasteiger partial charge in [0.05, 0.1) is 5.88 Å². The lowest BCUT2D eigenvalue weighted by molar-refractivity contribution is 0.183. The summed E-state index contributed by atoms with van der Waals surface area (Å²) in [6.45, 7) is 5.47. The molecule has 0 saturated heterocycles. The standard InChI is InChI=1S/C16H22ClN3/c1-12-6-9-18-15-14(12)19-13(10-17)20(15)11-16(2)7-4-3-5-8-16/h6,9H,3-5,7-8,10-11H2,1-2H3. The minimum absolute atomic E-state index is 0.359. The van der Waals surface area contributed by atoms with Crippen LogP contribution < -0.4 is 0 Å². The summed E-state index contributed by atoms with van der Waals surface area (Å²) in [5.74, 6) is 1.40. The fraction of sp³-hybridized carbons (Fsp3) is 0.625. The summed E-state index contributed by atoms with van der Waals surface area (Å²) in [5, 5.41) is 0. The molecule has 108 valence electrons. The third-order valence-corrected chi connectivity index (χ3v) is 4.87. The van der Waals surface area contributed by atoms with Crippen molar-refractivity contribution in [2.75, 3.05) is 0 Å². The number of halogens is 1. The van der Waals surface area contributed by atoms with Crippen LogP contribution in [-0.2, 0) is 12.4 Å². The van der Waals surface area contributed by atoms with Crippen LogP contribution in [0, 0.1) is 12.3 Å². The summed E-state index contributed by atoms with van der Waals surface area (Å²) < 4.78 is 2.25. The van der Waals surface area contributed by atoms with E-state index < -0.39 is 0 Å². The van der Waals surface area contributed by atoms with Gasteiger partial charge in [-0.25, -0.2) is 9.97 Å². The molecule has 1 fully saturated rings. The lowest BCUT2D eigenvalue weighted by atomic mass is 9.75. The molecule has 2 aromatic rings. The molecule has 1 aliphatic carbocycles. The highest BCUT2D eigenvalue weighted by Gasteiger charge is 2.29. The molecule has 4 heteroatoms. The van der Waals surface area contributed by atoms with Crippen LogP contribution in [0.4, 0.5) is 0 Å². The smallest absolute Gasteiger partial charge is 0.160 e. The SMILES string of the molecule is Cc1ccnc2c1nc(CCl)n2CC1(C)CCCCC1. The van der Waals surface area contributed by atoms with Crippen molar-refractivity contribution in [3.8, 4) is 0 Å². The molecule has 0 aromatic carbocycles. The Bertz CT molecular complexity index is 611. The summed E-state index contributed by atoms with van der Waals surface area (Å²) in [5.41, 5.74) is 3.53. The molecule has 3 rings (SSSR count). The summed E-state index contributed by atoms with van der Waals surface area (Å²) >= 11 is 6.11. The second-order valence-electron chi connectivity index (χ2n) is 6.42. The average Bonchev–Trinajstić information content (AvgIpc) is 2.79. The van der Waals surface area contributed by atoms with Crippen molar-refractivity contribution in [2.45, 2.75) is 58.4 Å². The lowest BCUT2D eigenvalue weighted by Crippen LogP contribution is -2.27. The quantitative estimate of drug-likeness (QED) is 0.782. The van der Waals surface area contributed by atoms with Crippen LogP contribution in [0.25, 0.3) is 11.2 Å². The lowest BCUT2D eigenvalue weighted by Gasteiger charge is -2.34. The minimum Gasteiger partial charge on any atom is -0.311 e. The van der Waals surface area contributed by atoms with Crippen LogP contribution in [0.3, 0.4) is 0 Å². The molecule has 0 atom stereocenters. The van der Waals surface area contributed by atoms with E-state index in [1.54, 1.807) is 0 Å². The highest BCUT2D eigenvalue weighted by molar-refractivity contribution is 6.16. The third-order valence-electron chi connectivity index (χ3n) is 4.63. The number of fused-ring (bicyclic) bond motifs is 1. The van der Waals surface area contributed by atoms with Gasteiger partial charge in [0.25, 0.3) is 0 Å². The van der Waals surface area contributed by atoms with Gasteiger partial charge in [-0.1, -0.05) is 26.2 Å². The Morgan fingerprint density at radius 1 is 1.30 bits per heavy atom. The van der Waals surface area contributed by atoms with Gasteiger partial charge in [0.15, 0.2) is 5.65 Å². The number of hydrogen-bond acceptors (Lipinski definition) is 2. The molecule has 0 radical (unpaired) electrons. The van der Waals surface area contributed by atoms with E-state index in [9.17, 15) is 0 Å². The molecule has 0 bridgehead atoms. The maximum absolute atomic E-state index is 6.11. The molecule has 1 aliphatic rings. The van der Waals surface area contributed by atoms with Crippen LogP contribution in [0.1, 0.15) is 50.4 Å². The topological polar surface area (TPSA) is 30.7 Å². The fourth-order valence-electron chi connectivity index (χ4n) is 3.40. The van der Waals surface area contributed by atoms with Crippen molar-refractivity contribution in [2.24, 2.45) is 5.41 Å². The van der Waals surface area contributed by atoms with E-state index in [2.05, 4.69) is 23.4 Å². The zero-order valence-corrected chi connectivity index (χ0v) is 13.1. The van der Waals surface area contributed by atoms with Gasteiger partial charge in [-0.05, 0) is 36.8 Å². The number of alkyl halides is 1. The van der Waals surface area contributed by atoms with Crippen molar-refractivity contribution < 1.29 is 0 Å². The van der Waals surface area contributed by atoms with Crippen molar-refractivity contribution in [3.63, 3.8) is 0 Å². The van der Waals surface area contributed by atoms with E-state index in [0.29, 0.717) is 11.3 Å². The fourth-order valence-corrected chi connectivity index (χ4v) is 3.60. The summed E-state index contributed by atoms with van der Waals surface area (Å²) in [6, 6.07) is 2.01. The maximum Gasteiger partial charge on any atom is 0.160 e. The zero-order chi connectivity index (χ0) is 14.2. The first-order chi connectivity index (χ1) is 9.63. The molecule has 2 aromatic heterocycles. The third kappa shape index (κ3) is 2.44. The Morgan fingerprint density at radius 2 is 2.05 bits per heavy atom. The number of rotatable bonds is 3. The van der Waals surface area contributed by atoms with E-state index in [-0.39, 0.29) is 0 Å². The molecular weight excluding hydrogens is 270 g/mol. The maximum atomic E-state index is 6.11. The molecule has 0 unspecified atom stereocenters. The van der Waals surface area contributed by atoms with Gasteiger partial charge in [-0.15, -0.1) is 11.6 Å². The summed E-state index contributed by atoms with van der Waals surface area (Å²) in [7, 11) is 0. The Labute approximate surface area is 125 Å². The molecular formula is C16H22ClN3. The largest absolute Gasteiger partial charge is 0.311 e. The molecule has 1 saturated carbocycles. The van der Waals surface area contributed by atoms with Gasteiger partial charge in [0.1, 0.15) is 11.3 Å². The molecule has 2 heterocycles. The first-order valence-electron chi connectivity index (χ1n) is 7.50. The molecule has 0 aliphatic heterocycles. The van der Waals surface area contributed by atoms with Crippen molar-refractivity contribution in [3.05, 3.63) is 23.7 Å². The summed E-state index contributed by atoms with van der Waals surface area (Å²) in [4.78, 5) is 9.24. The van der Waals surface area contributed by atoms with Crippen molar-refractivity contribution in [1.82, 2.24) is 14.5 Å². The van der Waals surface area contributed by atoms with Gasteiger partial charge in [0, 0.05) is 12.7 Å². The Morgan fingerprint density at radius 3 is 2.75 bits per heavy atom. The monoisotopic (exact) mass is 291 g/mol. The average molecular weight is 292 g/mol. The second kappa shape index (κ2) is 5.36. The van der Waals surface area contributed by atoms with Gasteiger partial charge in [0.2, 0.25) is 0 Å². The number of hydrogen-bond donors (Lipinski definition) is 0. The summed E-state index contributed by atoms with van der Waals surface area (Å²) in [6.07, 6.45) is 8.51. The first kappa shape index (κ1) is 13.9. The predicted molar refractivity (Wildman–Crippen MR) is 83.0 cm³/mol. The van der Waals surface area contributed by atoms with Gasteiger partial charge >= 0.3 is 0 Å². The van der Waals surface area contributed by atoms with Crippen LogP contribution in [0.2, 0.25) is 0 Å². The number of aromatic nitrogens is 3. The van der Waals surface area contributed by atoms with Crippen LogP contribution in [0.15, 0.2) is 12.3 Å². The van der Waals surface area contributed by atoms with E-state index in [0.717, 1.165) is 23.5 Å². The highest BCUT2D eigenvalue weighted by atomic mass is 35.5. The Kier molecular flexibility index (Phi) is 3.72. The molecule has 0 N–H and O–H groups in total. The molecule has 3 nitrogen and oxygen atoms in total. The number of aryl methyl sites for hydroxylation is 1. The van der Waals surface area contributed by atoms with Gasteiger partial charge < -0.3 is 4.57 Å². The minimum atomic E-state index is 0.359. The van der Waals surface area contributed by atoms with Gasteiger partial charge in [-0.3, -0.25) is 0 Å². The van der Waals surface area contributed by atoms with E-state index in [1.165, 1.54) is 37.7 Å².